The molecule has 2 aromatic carbocycles. The van der Waals surface area contributed by atoms with E-state index in [1.54, 1.807) is 0 Å². The maximum absolute atomic E-state index is 14.5. The van der Waals surface area contributed by atoms with Crippen LogP contribution in [-0.2, 0) is 37.0 Å². The van der Waals surface area contributed by atoms with Crippen LogP contribution in [0.5, 0.6) is 0 Å². The predicted octanol–water partition coefficient (Wildman–Crippen LogP) is 4.73. The molecule has 2 heterocycles. The number of carbonyl (C=O) groups excluding carboxylic acids is 1. The van der Waals surface area contributed by atoms with E-state index in [1.165, 1.54) is 6.92 Å². The van der Waals surface area contributed by atoms with Crippen molar-refractivity contribution < 1.29 is 28.1 Å². The van der Waals surface area contributed by atoms with E-state index in [0.29, 0.717) is 0 Å². The quantitative estimate of drug-likeness (QED) is 0.177. The first-order valence-corrected chi connectivity index (χ1v) is 17.5. The van der Waals surface area contributed by atoms with Crippen LogP contribution in [0, 0.1) is 17.3 Å². The number of aromatic amines is 1. The van der Waals surface area contributed by atoms with E-state index in [4.69, 9.17) is 18.9 Å². The van der Waals surface area contributed by atoms with Gasteiger partial charge in [-0.25, -0.2) is 4.79 Å². The second kappa shape index (κ2) is 14.8. The van der Waals surface area contributed by atoms with E-state index in [9.17, 15) is 18.8 Å². The van der Waals surface area contributed by atoms with E-state index in [0.717, 1.165) is 40.0 Å². The van der Waals surface area contributed by atoms with E-state index in [2.05, 4.69) is 32.2 Å². The zero-order chi connectivity index (χ0) is 31.7. The lowest BCUT2D eigenvalue weighted by Crippen LogP contribution is -2.49. The smallest absolute Gasteiger partial charge is 0.330 e. The maximum atomic E-state index is 14.5. The fourth-order valence-electron chi connectivity index (χ4n) is 5.33. The molecule has 4 rings (SSSR count). The number of hydrogen-bond donors (Lipinski definition) is 1. The highest BCUT2D eigenvalue weighted by Crippen LogP contribution is 2.41. The summed E-state index contributed by atoms with van der Waals surface area (Å²) in [5, 5.41) is 0. The lowest BCUT2D eigenvalue weighted by Gasteiger charge is -2.31. The summed E-state index contributed by atoms with van der Waals surface area (Å²) in [7, 11) is -2.07. The van der Waals surface area contributed by atoms with Crippen molar-refractivity contribution in [2.75, 3.05) is 6.61 Å². The number of halogens is 1. The number of H-pyrrole nitrogens is 1. The van der Waals surface area contributed by atoms with Crippen molar-refractivity contribution in [3.05, 3.63) is 105 Å². The molecule has 9 nitrogen and oxygen atoms in total. The third kappa shape index (κ3) is 7.63. The summed E-state index contributed by atoms with van der Waals surface area (Å²) in [4.78, 5) is 39.3. The Morgan fingerprint density at radius 2 is 1.59 bits per heavy atom. The van der Waals surface area contributed by atoms with Gasteiger partial charge in [0.15, 0.2) is 17.9 Å². The average Bonchev–Trinajstić information content (AvgIpc) is 3.31. The van der Waals surface area contributed by atoms with Gasteiger partial charge in [0.1, 0.15) is 14.2 Å². The second-order valence-electron chi connectivity index (χ2n) is 10.9. The number of nitrogens with zero attached hydrogens (tertiary/aromatic N) is 1. The van der Waals surface area contributed by atoms with Crippen molar-refractivity contribution in [1.29, 1.82) is 0 Å². The van der Waals surface area contributed by atoms with Crippen LogP contribution in [0.4, 0.5) is 4.39 Å². The van der Waals surface area contributed by atoms with Gasteiger partial charge in [-0.05, 0) is 29.3 Å². The van der Waals surface area contributed by atoms with Gasteiger partial charge in [0.05, 0.1) is 26.0 Å². The molecule has 4 atom stereocenters. The molecule has 0 spiro atoms. The topological polar surface area (TPSA) is 109 Å². The van der Waals surface area contributed by atoms with Gasteiger partial charge >= 0.3 is 11.7 Å². The van der Waals surface area contributed by atoms with Crippen molar-refractivity contribution in [2.45, 2.75) is 83.1 Å². The Balaban J connectivity index is 1.87. The molecule has 0 aliphatic carbocycles. The molecule has 3 aromatic rings. The molecule has 11 heteroatoms. The highest BCUT2D eigenvalue weighted by atomic mass is 28.3. The first kappa shape index (κ1) is 33.1. The third-order valence-electron chi connectivity index (χ3n) is 8.14. The van der Waals surface area contributed by atoms with Gasteiger partial charge in [0.25, 0.3) is 5.56 Å². The largest absolute Gasteiger partial charge is 0.455 e. The van der Waals surface area contributed by atoms with Crippen LogP contribution in [0.3, 0.4) is 0 Å². The Morgan fingerprint density at radius 3 is 2.16 bits per heavy atom. The maximum Gasteiger partial charge on any atom is 0.330 e. The SMILES string of the molecule is CC[Si](C#CC1(COCc2ccccc2)OC(n2cc(F)c(=O)[nH]c2=O)C(OC(C)=O)C1OCc1ccccc1)(CC)CC. The molecule has 0 bridgehead atoms. The summed E-state index contributed by atoms with van der Waals surface area (Å²) in [5.41, 5.74) is 1.69. The average molecular weight is 623 g/mol. The first-order chi connectivity index (χ1) is 21.2. The molecule has 4 unspecified atom stereocenters. The van der Waals surface area contributed by atoms with Gasteiger partial charge in [0, 0.05) is 6.92 Å². The molecule has 234 valence electrons. The van der Waals surface area contributed by atoms with Crippen molar-refractivity contribution in [3.8, 4) is 11.5 Å². The van der Waals surface area contributed by atoms with Crippen LogP contribution in [-0.4, -0.2) is 48.0 Å². The molecule has 0 saturated carbocycles. The first-order valence-electron chi connectivity index (χ1n) is 14.8. The minimum Gasteiger partial charge on any atom is -0.455 e. The third-order valence-corrected chi connectivity index (χ3v) is 12.9. The molecule has 1 N–H and O–H groups in total. The molecule has 1 aliphatic heterocycles. The number of aromatic nitrogens is 2. The van der Waals surface area contributed by atoms with Gasteiger partial charge in [-0.1, -0.05) is 87.4 Å². The molecule has 0 radical (unpaired) electrons. The monoisotopic (exact) mass is 622 g/mol. The zero-order valence-corrected chi connectivity index (χ0v) is 26.5. The lowest BCUT2D eigenvalue weighted by molar-refractivity contribution is -0.158. The van der Waals surface area contributed by atoms with Gasteiger partial charge in [-0.15, -0.1) is 5.54 Å². The number of hydrogen-bond acceptors (Lipinski definition) is 7. The summed E-state index contributed by atoms with van der Waals surface area (Å²) in [5.74, 6) is 1.51. The van der Waals surface area contributed by atoms with E-state index < -0.39 is 55.1 Å². The van der Waals surface area contributed by atoms with Gasteiger partial charge in [-0.3, -0.25) is 19.1 Å². The molecule has 1 aromatic heterocycles. The number of nitrogens with one attached hydrogen (secondary N) is 1. The van der Waals surface area contributed by atoms with Crippen molar-refractivity contribution in [3.63, 3.8) is 0 Å². The molecule has 1 saturated heterocycles. The fourth-order valence-corrected chi connectivity index (χ4v) is 7.84. The molecule has 0 amide bonds. The van der Waals surface area contributed by atoms with Gasteiger partial charge < -0.3 is 18.9 Å². The van der Waals surface area contributed by atoms with E-state index in [-0.39, 0.29) is 19.8 Å². The number of carbonyl (C=O) groups is 1. The van der Waals surface area contributed by atoms with Crippen LogP contribution < -0.4 is 11.2 Å². The molecular formula is C33H39FN2O7Si. The van der Waals surface area contributed by atoms with Crippen LogP contribution in [0.2, 0.25) is 18.1 Å². The molecule has 44 heavy (non-hydrogen) atoms. The summed E-state index contributed by atoms with van der Waals surface area (Å²) in [6.45, 7) is 7.82. The molecular weight excluding hydrogens is 583 g/mol. The van der Waals surface area contributed by atoms with Crippen LogP contribution in [0.15, 0.2) is 76.4 Å². The predicted molar refractivity (Wildman–Crippen MR) is 166 cm³/mol. The standard InChI is InChI=1S/C33H39FN2O7Si/c1-5-44(6-2,7-3)19-18-33(23-40-21-25-14-10-8-11-15-25)29(41-22-26-16-12-9-13-17-26)28(42-24(4)37)31(43-33)36-20-27(34)30(38)35-32(36)39/h8-17,20,28-29,31H,5-7,21-23H2,1-4H3,(H,35,38,39). The van der Waals surface area contributed by atoms with Crippen molar-refractivity contribution in [2.24, 2.45) is 0 Å². The highest BCUT2D eigenvalue weighted by Gasteiger charge is 2.59. The summed E-state index contributed by atoms with van der Waals surface area (Å²) in [6, 6.07) is 21.7. The Hall–Kier alpha value is -3.82. The summed E-state index contributed by atoms with van der Waals surface area (Å²) in [6.07, 6.45) is -2.93. The van der Waals surface area contributed by atoms with Crippen molar-refractivity contribution >= 4 is 14.0 Å². The van der Waals surface area contributed by atoms with Crippen LogP contribution >= 0.6 is 0 Å². The highest BCUT2D eigenvalue weighted by molar-refractivity contribution is 6.87. The van der Waals surface area contributed by atoms with E-state index in [1.807, 2.05) is 65.6 Å². The molecule has 1 aliphatic rings. The number of ether oxygens (including phenoxy) is 4. The number of rotatable bonds is 12. The Kier molecular flexibility index (Phi) is 11.1. The zero-order valence-electron chi connectivity index (χ0n) is 25.5. The van der Waals surface area contributed by atoms with Gasteiger partial charge in [0.2, 0.25) is 5.82 Å². The van der Waals surface area contributed by atoms with Gasteiger partial charge in [-0.2, -0.15) is 4.39 Å². The Labute approximate surface area is 257 Å². The van der Waals surface area contributed by atoms with Crippen molar-refractivity contribution in [1.82, 2.24) is 9.55 Å². The second-order valence-corrected chi connectivity index (χ2v) is 15.8. The summed E-state index contributed by atoms with van der Waals surface area (Å²) >= 11 is 0. The normalized spacial score (nSPS) is 21.4. The van der Waals surface area contributed by atoms with Crippen LogP contribution in [0.1, 0.15) is 45.0 Å². The Morgan fingerprint density at radius 1 is 1.00 bits per heavy atom. The summed E-state index contributed by atoms with van der Waals surface area (Å²) < 4.78 is 40.5. The minimum atomic E-state index is -2.07. The van der Waals surface area contributed by atoms with Crippen LogP contribution in [0.25, 0.3) is 0 Å². The number of benzene rings is 2. The fraction of sp³-hybridized carbons (Fsp3) is 0.424. The number of esters is 1. The minimum absolute atomic E-state index is 0.105. The lowest BCUT2D eigenvalue weighted by atomic mass is 9.96. The van der Waals surface area contributed by atoms with E-state index >= 15 is 0 Å². The molecule has 1 fully saturated rings. The Bertz CT molecular complexity index is 1570.